The third kappa shape index (κ3) is 5.52. The fraction of sp³-hybridized carbons (Fsp3) is 0.400. The molecule has 0 aliphatic carbocycles. The predicted octanol–water partition coefficient (Wildman–Crippen LogP) is 8.32. The van der Waals surface area contributed by atoms with Gasteiger partial charge in [0.05, 0.1) is 5.52 Å². The van der Waals surface area contributed by atoms with Crippen molar-refractivity contribution in [3.63, 3.8) is 0 Å². The van der Waals surface area contributed by atoms with E-state index in [1.807, 2.05) is 0 Å². The van der Waals surface area contributed by atoms with E-state index < -0.39 is 0 Å². The van der Waals surface area contributed by atoms with Crippen molar-refractivity contribution < 1.29 is 0 Å². The van der Waals surface area contributed by atoms with Crippen molar-refractivity contribution in [3.8, 4) is 0 Å². The third-order valence-corrected chi connectivity index (χ3v) is 5.81. The highest BCUT2D eigenvalue weighted by Gasteiger charge is 2.16. The topological polar surface area (TPSA) is 37.8 Å². The van der Waals surface area contributed by atoms with Crippen LogP contribution in [0.25, 0.3) is 21.7 Å². The third-order valence-electron chi connectivity index (χ3n) is 5.81. The lowest BCUT2D eigenvalue weighted by atomic mass is 9.87. The number of nitrogens with one attached hydrogen (secondary N) is 1. The van der Waals surface area contributed by atoms with Crippen LogP contribution in [0.2, 0.25) is 0 Å². The van der Waals surface area contributed by atoms with Gasteiger partial charge in [0.15, 0.2) is 0 Å². The molecule has 0 aliphatic rings. The van der Waals surface area contributed by atoms with Gasteiger partial charge < -0.3 is 5.32 Å². The Kier molecular flexibility index (Phi) is 5.94. The number of anilines is 2. The number of hydrogen-bond donors (Lipinski definition) is 1. The van der Waals surface area contributed by atoms with E-state index in [0.29, 0.717) is 0 Å². The number of hydrogen-bond acceptors (Lipinski definition) is 3. The van der Waals surface area contributed by atoms with Gasteiger partial charge in [-0.3, -0.25) is 4.98 Å². The van der Waals surface area contributed by atoms with E-state index in [4.69, 9.17) is 9.97 Å². The van der Waals surface area contributed by atoms with E-state index in [2.05, 4.69) is 109 Å². The average Bonchev–Trinajstić information content (AvgIpc) is 2.65. The minimum Gasteiger partial charge on any atom is -0.340 e. The number of aromatic nitrogens is 2. The van der Waals surface area contributed by atoms with Crippen LogP contribution in [-0.2, 0) is 12.8 Å². The predicted molar refractivity (Wildman–Crippen MR) is 143 cm³/mol. The Balaban J connectivity index is 1.86. The molecule has 172 valence electrons. The molecule has 0 amide bonds. The molecule has 2 aromatic heterocycles. The zero-order valence-corrected chi connectivity index (χ0v) is 21.4. The highest BCUT2D eigenvalue weighted by molar-refractivity contribution is 6.11. The quantitative estimate of drug-likeness (QED) is 0.325. The summed E-state index contributed by atoms with van der Waals surface area (Å²) in [6.45, 7) is 17.8. The number of fused-ring (bicyclic) bond motifs is 3. The summed E-state index contributed by atoms with van der Waals surface area (Å²) in [4.78, 5) is 9.92. The first-order valence-corrected chi connectivity index (χ1v) is 11.9. The summed E-state index contributed by atoms with van der Waals surface area (Å²) in [5.74, 6) is 0.895. The number of benzene rings is 2. The van der Waals surface area contributed by atoms with Crippen LogP contribution in [-0.4, -0.2) is 9.97 Å². The van der Waals surface area contributed by atoms with Gasteiger partial charge in [-0.25, -0.2) is 4.98 Å². The van der Waals surface area contributed by atoms with Crippen molar-refractivity contribution in [1.29, 1.82) is 0 Å². The molecular formula is C30H37N3. The van der Waals surface area contributed by atoms with Gasteiger partial charge in [-0.15, -0.1) is 0 Å². The Morgan fingerprint density at radius 3 is 2.06 bits per heavy atom. The van der Waals surface area contributed by atoms with Gasteiger partial charge in [-0.1, -0.05) is 65.8 Å². The fourth-order valence-corrected chi connectivity index (χ4v) is 4.74. The summed E-state index contributed by atoms with van der Waals surface area (Å²) in [6, 6.07) is 17.6. The molecule has 4 rings (SSSR count). The molecule has 0 atom stereocenters. The number of aryl methyl sites for hydroxylation is 2. The summed E-state index contributed by atoms with van der Waals surface area (Å²) in [5, 5.41) is 7.12. The minimum atomic E-state index is 0.230. The van der Waals surface area contributed by atoms with E-state index in [1.165, 1.54) is 21.9 Å². The molecule has 4 aromatic rings. The smallest absolute Gasteiger partial charge is 0.139 e. The van der Waals surface area contributed by atoms with E-state index in [0.717, 1.165) is 46.6 Å². The lowest BCUT2D eigenvalue weighted by Crippen LogP contribution is -2.09. The Bertz CT molecular complexity index is 1320. The Morgan fingerprint density at radius 1 is 0.727 bits per heavy atom. The fourth-order valence-electron chi connectivity index (χ4n) is 4.74. The van der Waals surface area contributed by atoms with Crippen LogP contribution in [0.5, 0.6) is 0 Å². The first-order valence-electron chi connectivity index (χ1n) is 11.9. The largest absolute Gasteiger partial charge is 0.340 e. The summed E-state index contributed by atoms with van der Waals surface area (Å²) < 4.78 is 0. The van der Waals surface area contributed by atoms with Gasteiger partial charge in [-0.05, 0) is 72.9 Å². The number of rotatable bonds is 4. The lowest BCUT2D eigenvalue weighted by Gasteiger charge is -2.20. The van der Waals surface area contributed by atoms with Crippen LogP contribution in [0.1, 0.15) is 64.1 Å². The van der Waals surface area contributed by atoms with Crippen LogP contribution in [0.15, 0.2) is 48.5 Å². The van der Waals surface area contributed by atoms with Gasteiger partial charge >= 0.3 is 0 Å². The van der Waals surface area contributed by atoms with Crippen LogP contribution in [0, 0.1) is 24.7 Å². The summed E-state index contributed by atoms with van der Waals surface area (Å²) in [5.41, 5.74) is 7.27. The van der Waals surface area contributed by atoms with Crippen LogP contribution in [0.4, 0.5) is 11.5 Å². The second-order valence-corrected chi connectivity index (χ2v) is 11.9. The van der Waals surface area contributed by atoms with Crippen molar-refractivity contribution in [2.24, 2.45) is 10.8 Å². The molecule has 0 saturated heterocycles. The highest BCUT2D eigenvalue weighted by Crippen LogP contribution is 2.35. The number of nitrogens with zero attached hydrogens (tertiary/aromatic N) is 2. The van der Waals surface area contributed by atoms with Crippen molar-refractivity contribution in [2.75, 3.05) is 5.32 Å². The van der Waals surface area contributed by atoms with Gasteiger partial charge in [0.1, 0.15) is 5.82 Å². The summed E-state index contributed by atoms with van der Waals surface area (Å²) in [7, 11) is 0. The highest BCUT2D eigenvalue weighted by atomic mass is 15.0. The van der Waals surface area contributed by atoms with Crippen molar-refractivity contribution in [1.82, 2.24) is 9.97 Å². The molecule has 2 heterocycles. The molecule has 0 radical (unpaired) electrons. The summed E-state index contributed by atoms with van der Waals surface area (Å²) in [6.07, 6.45) is 2.05. The lowest BCUT2D eigenvalue weighted by molar-refractivity contribution is 0.411. The van der Waals surface area contributed by atoms with E-state index in [-0.39, 0.29) is 10.8 Å². The molecule has 1 N–H and O–H groups in total. The van der Waals surface area contributed by atoms with Gasteiger partial charge in [0.25, 0.3) is 0 Å². The van der Waals surface area contributed by atoms with E-state index in [9.17, 15) is 0 Å². The molecule has 0 saturated carbocycles. The maximum Gasteiger partial charge on any atom is 0.139 e. The molecule has 0 unspecified atom stereocenters. The molecule has 33 heavy (non-hydrogen) atoms. The maximum atomic E-state index is 5.14. The second-order valence-electron chi connectivity index (χ2n) is 11.9. The molecule has 3 heteroatoms. The Hall–Kier alpha value is -2.94. The van der Waals surface area contributed by atoms with E-state index in [1.54, 1.807) is 0 Å². The van der Waals surface area contributed by atoms with Gasteiger partial charge in [0.2, 0.25) is 0 Å². The monoisotopic (exact) mass is 439 g/mol. The number of pyridine rings is 2. The molecule has 0 aliphatic heterocycles. The first kappa shape index (κ1) is 23.2. The Morgan fingerprint density at radius 2 is 1.39 bits per heavy atom. The molecule has 0 fully saturated rings. The normalized spacial score (nSPS) is 12.5. The minimum absolute atomic E-state index is 0.230. The zero-order chi connectivity index (χ0) is 24.0. The Labute approximate surface area is 198 Å². The zero-order valence-electron chi connectivity index (χ0n) is 21.4. The molecule has 0 bridgehead atoms. The van der Waals surface area contributed by atoms with Crippen LogP contribution >= 0.6 is 0 Å². The van der Waals surface area contributed by atoms with Gasteiger partial charge in [-0.2, -0.15) is 0 Å². The van der Waals surface area contributed by atoms with Crippen molar-refractivity contribution in [2.45, 2.75) is 68.2 Å². The summed E-state index contributed by atoms with van der Waals surface area (Å²) >= 11 is 0. The van der Waals surface area contributed by atoms with Crippen LogP contribution < -0.4 is 5.32 Å². The standard InChI is InChI=1S/C30H37N3/c1-19-14-25-27(20(2)31-19)24-13-12-22(18-30(6,7)8)16-26(24)33-28(25)32-23-11-9-10-21(15-23)17-29(3,4)5/h9-16H,17-18H2,1-8H3,(H,32,33). The average molecular weight is 440 g/mol. The van der Waals surface area contributed by atoms with E-state index >= 15 is 0 Å². The molecule has 2 aromatic carbocycles. The van der Waals surface area contributed by atoms with Crippen LogP contribution in [0.3, 0.4) is 0 Å². The van der Waals surface area contributed by atoms with Crippen molar-refractivity contribution in [3.05, 3.63) is 71.0 Å². The molecule has 3 nitrogen and oxygen atoms in total. The molecular weight excluding hydrogens is 402 g/mol. The SMILES string of the molecule is Cc1cc2c(Nc3cccc(CC(C)(C)C)c3)nc3cc(CC(C)(C)C)ccc3c2c(C)n1. The maximum absolute atomic E-state index is 5.14. The second kappa shape index (κ2) is 8.44. The first-order chi connectivity index (χ1) is 15.4. The van der Waals surface area contributed by atoms with Crippen molar-refractivity contribution >= 4 is 33.2 Å². The molecule has 0 spiro atoms. The van der Waals surface area contributed by atoms with Gasteiger partial charge in [0, 0.05) is 33.2 Å².